The van der Waals surface area contributed by atoms with E-state index >= 15 is 0 Å². The van der Waals surface area contributed by atoms with E-state index in [1.54, 1.807) is 0 Å². The summed E-state index contributed by atoms with van der Waals surface area (Å²) < 4.78 is 0. The summed E-state index contributed by atoms with van der Waals surface area (Å²) in [5.74, 6) is 0. The molecule has 0 aromatic heterocycles. The van der Waals surface area contributed by atoms with Crippen LogP contribution in [0.25, 0.3) is 0 Å². The second kappa shape index (κ2) is 3.57. The summed E-state index contributed by atoms with van der Waals surface area (Å²) in [4.78, 5) is 10.5. The molecule has 14 heavy (non-hydrogen) atoms. The van der Waals surface area contributed by atoms with Crippen LogP contribution in [-0.4, -0.2) is 12.1 Å². The Bertz CT molecular complexity index is 330. The predicted molar refractivity (Wildman–Crippen MR) is 56.3 cm³/mol. The molecular weight excluding hydrogens is 178 g/mol. The molecule has 1 aliphatic carbocycles. The van der Waals surface area contributed by atoms with Gasteiger partial charge in [-0.2, -0.15) is 0 Å². The molecule has 0 spiro atoms. The summed E-state index contributed by atoms with van der Waals surface area (Å²) in [7, 11) is 0. The first kappa shape index (κ1) is 8.87. The van der Waals surface area contributed by atoms with Crippen LogP contribution in [0.4, 0.5) is 16.2 Å². The summed E-state index contributed by atoms with van der Waals surface area (Å²) in [6.07, 6.45) is 2.50. The molecule has 1 aliphatic rings. The molecule has 1 saturated carbocycles. The maximum absolute atomic E-state index is 10.5. The first-order valence-electron chi connectivity index (χ1n) is 4.67. The number of primary amides is 1. The Morgan fingerprint density at radius 3 is 2.29 bits per heavy atom. The Morgan fingerprint density at radius 1 is 1.21 bits per heavy atom. The largest absolute Gasteiger partial charge is 0.382 e. The highest BCUT2D eigenvalue weighted by atomic mass is 16.2. The summed E-state index contributed by atoms with van der Waals surface area (Å²) >= 11 is 0. The Kier molecular flexibility index (Phi) is 2.26. The number of amides is 2. The van der Waals surface area contributed by atoms with Crippen LogP contribution in [0, 0.1) is 0 Å². The fourth-order valence-electron chi connectivity index (χ4n) is 1.26. The van der Waals surface area contributed by atoms with Crippen LogP contribution in [0.15, 0.2) is 24.3 Å². The third kappa shape index (κ3) is 2.39. The van der Waals surface area contributed by atoms with E-state index in [4.69, 9.17) is 5.73 Å². The summed E-state index contributed by atoms with van der Waals surface area (Å²) in [5.41, 5.74) is 6.79. The van der Waals surface area contributed by atoms with Crippen molar-refractivity contribution in [3.05, 3.63) is 24.3 Å². The maximum Gasteiger partial charge on any atom is 0.316 e. The van der Waals surface area contributed by atoms with Crippen molar-refractivity contribution in [3.8, 4) is 0 Å². The van der Waals surface area contributed by atoms with Crippen molar-refractivity contribution in [2.45, 2.75) is 18.9 Å². The average Bonchev–Trinajstić information content (AvgIpc) is 2.91. The quantitative estimate of drug-likeness (QED) is 0.681. The van der Waals surface area contributed by atoms with E-state index < -0.39 is 6.03 Å². The first-order chi connectivity index (χ1) is 6.74. The molecule has 4 N–H and O–H groups in total. The van der Waals surface area contributed by atoms with Gasteiger partial charge in [-0.3, -0.25) is 0 Å². The molecular formula is C10H13N3O. The number of carbonyl (C=O) groups is 1. The van der Waals surface area contributed by atoms with Crippen molar-refractivity contribution in [2.24, 2.45) is 5.73 Å². The number of carbonyl (C=O) groups excluding carboxylic acids is 1. The molecule has 1 aromatic rings. The van der Waals surface area contributed by atoms with Gasteiger partial charge in [0, 0.05) is 17.4 Å². The number of benzene rings is 1. The van der Waals surface area contributed by atoms with E-state index in [1.807, 2.05) is 24.3 Å². The maximum atomic E-state index is 10.5. The number of hydrogen-bond acceptors (Lipinski definition) is 2. The molecule has 4 heteroatoms. The molecule has 4 nitrogen and oxygen atoms in total. The van der Waals surface area contributed by atoms with Crippen LogP contribution >= 0.6 is 0 Å². The van der Waals surface area contributed by atoms with Crippen molar-refractivity contribution < 1.29 is 4.79 Å². The van der Waals surface area contributed by atoms with E-state index in [9.17, 15) is 4.79 Å². The lowest BCUT2D eigenvalue weighted by atomic mass is 10.3. The molecule has 1 fully saturated rings. The van der Waals surface area contributed by atoms with E-state index in [2.05, 4.69) is 10.6 Å². The van der Waals surface area contributed by atoms with Crippen molar-refractivity contribution in [1.82, 2.24) is 0 Å². The van der Waals surface area contributed by atoms with E-state index in [0.29, 0.717) is 6.04 Å². The molecule has 2 rings (SSSR count). The van der Waals surface area contributed by atoms with Gasteiger partial charge in [0.25, 0.3) is 0 Å². The fourth-order valence-corrected chi connectivity index (χ4v) is 1.26. The number of hydrogen-bond donors (Lipinski definition) is 3. The standard InChI is InChI=1S/C10H13N3O/c11-10(14)13-9-5-3-8(4-6-9)12-7-1-2-7/h3-7,12H,1-2H2,(H3,11,13,14). The number of urea groups is 1. The summed E-state index contributed by atoms with van der Waals surface area (Å²) in [6.45, 7) is 0. The zero-order valence-electron chi connectivity index (χ0n) is 7.79. The van der Waals surface area contributed by atoms with Gasteiger partial charge in [-0.1, -0.05) is 0 Å². The minimum Gasteiger partial charge on any atom is -0.382 e. The first-order valence-corrected chi connectivity index (χ1v) is 4.67. The van der Waals surface area contributed by atoms with E-state index in [1.165, 1.54) is 12.8 Å². The molecule has 74 valence electrons. The van der Waals surface area contributed by atoms with Gasteiger partial charge < -0.3 is 16.4 Å². The smallest absolute Gasteiger partial charge is 0.316 e. The Morgan fingerprint density at radius 2 is 1.79 bits per heavy atom. The van der Waals surface area contributed by atoms with Crippen molar-refractivity contribution >= 4 is 17.4 Å². The zero-order chi connectivity index (χ0) is 9.97. The summed E-state index contributed by atoms with van der Waals surface area (Å²) in [5, 5.41) is 5.86. The average molecular weight is 191 g/mol. The molecule has 2 amide bonds. The predicted octanol–water partition coefficient (Wildman–Crippen LogP) is 1.75. The molecule has 0 aliphatic heterocycles. The SMILES string of the molecule is NC(=O)Nc1ccc(NC2CC2)cc1. The van der Waals surface area contributed by atoms with Gasteiger partial charge in [0.05, 0.1) is 0 Å². The van der Waals surface area contributed by atoms with Crippen LogP contribution in [0.3, 0.4) is 0 Å². The molecule has 0 bridgehead atoms. The highest BCUT2D eigenvalue weighted by Crippen LogP contribution is 2.25. The monoisotopic (exact) mass is 191 g/mol. The van der Waals surface area contributed by atoms with Gasteiger partial charge in [-0.05, 0) is 37.1 Å². The molecule has 0 unspecified atom stereocenters. The van der Waals surface area contributed by atoms with Crippen LogP contribution < -0.4 is 16.4 Å². The van der Waals surface area contributed by atoms with Gasteiger partial charge in [0.1, 0.15) is 0 Å². The normalized spacial score (nSPS) is 14.9. The topological polar surface area (TPSA) is 67.2 Å². The minimum atomic E-state index is -0.534. The Balaban J connectivity index is 1.97. The molecule has 0 saturated heterocycles. The van der Waals surface area contributed by atoms with Gasteiger partial charge in [-0.15, -0.1) is 0 Å². The number of nitrogens with two attached hydrogens (primary N) is 1. The Hall–Kier alpha value is -1.71. The van der Waals surface area contributed by atoms with Crippen LogP contribution in [-0.2, 0) is 0 Å². The highest BCUT2D eigenvalue weighted by molar-refractivity contribution is 5.87. The highest BCUT2D eigenvalue weighted by Gasteiger charge is 2.20. The lowest BCUT2D eigenvalue weighted by Gasteiger charge is -2.05. The van der Waals surface area contributed by atoms with E-state index in [0.717, 1.165) is 11.4 Å². The van der Waals surface area contributed by atoms with Gasteiger partial charge >= 0.3 is 6.03 Å². The second-order valence-electron chi connectivity index (χ2n) is 3.49. The number of rotatable bonds is 3. The molecule has 0 atom stereocenters. The van der Waals surface area contributed by atoms with Crippen LogP contribution in [0.2, 0.25) is 0 Å². The van der Waals surface area contributed by atoms with Crippen LogP contribution in [0.5, 0.6) is 0 Å². The Labute approximate surface area is 82.5 Å². The van der Waals surface area contributed by atoms with Crippen LogP contribution in [0.1, 0.15) is 12.8 Å². The van der Waals surface area contributed by atoms with E-state index in [-0.39, 0.29) is 0 Å². The molecule has 1 aromatic carbocycles. The van der Waals surface area contributed by atoms with Crippen molar-refractivity contribution in [3.63, 3.8) is 0 Å². The van der Waals surface area contributed by atoms with Gasteiger partial charge in [0.2, 0.25) is 0 Å². The number of anilines is 2. The van der Waals surface area contributed by atoms with Crippen molar-refractivity contribution in [2.75, 3.05) is 10.6 Å². The lowest BCUT2D eigenvalue weighted by Crippen LogP contribution is -2.19. The second-order valence-corrected chi connectivity index (χ2v) is 3.49. The summed E-state index contributed by atoms with van der Waals surface area (Å²) in [6, 6.07) is 7.64. The molecule has 0 radical (unpaired) electrons. The third-order valence-corrected chi connectivity index (χ3v) is 2.10. The fraction of sp³-hybridized carbons (Fsp3) is 0.300. The van der Waals surface area contributed by atoms with Gasteiger partial charge in [-0.25, -0.2) is 4.79 Å². The van der Waals surface area contributed by atoms with Crippen molar-refractivity contribution in [1.29, 1.82) is 0 Å². The zero-order valence-corrected chi connectivity index (χ0v) is 7.79. The number of nitrogens with one attached hydrogen (secondary N) is 2. The minimum absolute atomic E-state index is 0.534. The molecule has 0 heterocycles. The van der Waals surface area contributed by atoms with Gasteiger partial charge in [0.15, 0.2) is 0 Å². The lowest BCUT2D eigenvalue weighted by molar-refractivity contribution is 0.259. The third-order valence-electron chi connectivity index (χ3n) is 2.10.